The first-order valence-electron chi connectivity index (χ1n) is 11.5. The van der Waals surface area contributed by atoms with Crippen LogP contribution in [0.25, 0.3) is 39.3 Å². The number of hydrogen-bond acceptors (Lipinski definition) is 3. The summed E-state index contributed by atoms with van der Waals surface area (Å²) in [5.41, 5.74) is 7.74. The number of aromatic nitrogens is 2. The zero-order valence-electron chi connectivity index (χ0n) is 19.6. The molecule has 0 aliphatic heterocycles. The summed E-state index contributed by atoms with van der Waals surface area (Å²) in [6.45, 7) is 1.68. The highest BCUT2D eigenvalue weighted by Gasteiger charge is 2.16. The highest BCUT2D eigenvalue weighted by atomic mass is 35.5. The Labute approximate surface area is 214 Å². The molecule has 5 aromatic rings. The van der Waals surface area contributed by atoms with E-state index in [4.69, 9.17) is 26.5 Å². The lowest BCUT2D eigenvalue weighted by Crippen LogP contribution is -2.09. The van der Waals surface area contributed by atoms with Crippen LogP contribution in [0.15, 0.2) is 103 Å². The number of hydrogen-bond donors (Lipinski definition) is 1. The van der Waals surface area contributed by atoms with Gasteiger partial charge < -0.3 is 9.84 Å². The normalized spacial score (nSPS) is 10.8. The van der Waals surface area contributed by atoms with Gasteiger partial charge in [0.25, 0.3) is 0 Å². The van der Waals surface area contributed by atoms with Crippen LogP contribution in [0.3, 0.4) is 0 Å². The van der Waals surface area contributed by atoms with E-state index in [0.29, 0.717) is 10.8 Å². The van der Waals surface area contributed by atoms with E-state index in [1.165, 1.54) is 0 Å². The number of aryl methyl sites for hydroxylation is 1. The van der Waals surface area contributed by atoms with Crippen molar-refractivity contribution in [3.8, 4) is 45.1 Å². The van der Waals surface area contributed by atoms with E-state index in [1.54, 1.807) is 6.07 Å². The molecule has 178 valence electrons. The Hall–Kier alpha value is -4.35. The molecule has 0 fully saturated rings. The molecule has 0 aliphatic rings. The van der Waals surface area contributed by atoms with Gasteiger partial charge in [-0.3, -0.25) is 0 Å². The molecule has 5 rings (SSSR count). The molecule has 0 saturated carbocycles. The second kappa shape index (κ2) is 10.1. The number of carbonyl (C=O) groups is 1. The zero-order valence-corrected chi connectivity index (χ0v) is 20.3. The van der Waals surface area contributed by atoms with Gasteiger partial charge in [-0.15, -0.1) is 0 Å². The van der Waals surface area contributed by atoms with Crippen molar-refractivity contribution in [2.24, 2.45) is 0 Å². The number of carboxylic acids is 1. The van der Waals surface area contributed by atoms with Crippen LogP contribution in [0, 0.1) is 6.92 Å². The second-order valence-corrected chi connectivity index (χ2v) is 8.86. The van der Waals surface area contributed by atoms with Gasteiger partial charge in [0.2, 0.25) is 0 Å². The molecule has 1 heterocycles. The van der Waals surface area contributed by atoms with Gasteiger partial charge in [0, 0.05) is 16.1 Å². The van der Waals surface area contributed by atoms with Crippen LogP contribution in [0.4, 0.5) is 0 Å². The van der Waals surface area contributed by atoms with Crippen molar-refractivity contribution < 1.29 is 14.6 Å². The number of carboxylic acid groups (broad SMARTS) is 1. The summed E-state index contributed by atoms with van der Waals surface area (Å²) in [6, 6.07) is 33.5. The van der Waals surface area contributed by atoms with Crippen LogP contribution in [-0.2, 0) is 4.79 Å². The Morgan fingerprint density at radius 3 is 2.33 bits per heavy atom. The van der Waals surface area contributed by atoms with Crippen molar-refractivity contribution in [1.82, 2.24) is 9.78 Å². The lowest BCUT2D eigenvalue weighted by atomic mass is 9.97. The van der Waals surface area contributed by atoms with Gasteiger partial charge in [-0.05, 0) is 66.6 Å². The summed E-state index contributed by atoms with van der Waals surface area (Å²) in [7, 11) is 0. The van der Waals surface area contributed by atoms with Crippen molar-refractivity contribution in [2.45, 2.75) is 6.92 Å². The molecule has 6 heteroatoms. The number of nitrogens with zero attached hydrogens (tertiary/aromatic N) is 2. The maximum atomic E-state index is 10.9. The number of halogens is 1. The first-order chi connectivity index (χ1) is 17.5. The van der Waals surface area contributed by atoms with Crippen molar-refractivity contribution in [3.63, 3.8) is 0 Å². The molecule has 4 aromatic carbocycles. The molecule has 0 atom stereocenters. The van der Waals surface area contributed by atoms with Gasteiger partial charge >= 0.3 is 5.97 Å². The molecule has 0 radical (unpaired) electrons. The van der Waals surface area contributed by atoms with Gasteiger partial charge in [0.05, 0.1) is 17.1 Å². The quantitative estimate of drug-likeness (QED) is 0.258. The molecule has 5 nitrogen and oxygen atoms in total. The summed E-state index contributed by atoms with van der Waals surface area (Å²) >= 11 is 6.15. The summed E-state index contributed by atoms with van der Waals surface area (Å²) in [4.78, 5) is 10.9. The van der Waals surface area contributed by atoms with E-state index in [-0.39, 0.29) is 0 Å². The van der Waals surface area contributed by atoms with Crippen molar-refractivity contribution >= 4 is 17.6 Å². The van der Waals surface area contributed by atoms with Crippen LogP contribution < -0.4 is 4.74 Å². The van der Waals surface area contributed by atoms with Gasteiger partial charge in [0.15, 0.2) is 6.61 Å². The predicted octanol–water partition coefficient (Wildman–Crippen LogP) is 7.30. The molecular weight excluding hydrogens is 472 g/mol. The Kier molecular flexibility index (Phi) is 6.56. The zero-order chi connectivity index (χ0) is 25.1. The maximum absolute atomic E-state index is 10.9. The van der Waals surface area contributed by atoms with Gasteiger partial charge in [-0.25, -0.2) is 9.48 Å². The Balaban J connectivity index is 1.63. The van der Waals surface area contributed by atoms with Gasteiger partial charge in [-0.2, -0.15) is 5.10 Å². The third-order valence-corrected chi connectivity index (χ3v) is 6.06. The first kappa shape index (κ1) is 23.4. The number of aliphatic carboxylic acids is 1. The van der Waals surface area contributed by atoms with Crippen LogP contribution in [-0.4, -0.2) is 27.5 Å². The smallest absolute Gasteiger partial charge is 0.341 e. The fraction of sp³-hybridized carbons (Fsp3) is 0.0667. The third kappa shape index (κ3) is 5.02. The highest BCUT2D eigenvalue weighted by molar-refractivity contribution is 6.30. The average Bonchev–Trinajstić information content (AvgIpc) is 3.33. The standard InChI is InChI=1S/C30H23ClN2O3/c1-20-6-4-8-22(16-20)29-18-28(32-33(29)24-14-12-23(31)13-15-24)27-11-3-2-10-26(27)21-7-5-9-25(17-21)36-19-30(34)35/h2-18H,19H2,1H3,(H,34,35). The monoisotopic (exact) mass is 494 g/mol. The van der Waals surface area contributed by atoms with E-state index in [2.05, 4.69) is 31.2 Å². The van der Waals surface area contributed by atoms with E-state index in [9.17, 15) is 4.79 Å². The Morgan fingerprint density at radius 1 is 0.861 bits per heavy atom. The molecule has 36 heavy (non-hydrogen) atoms. The number of rotatable bonds is 7. The second-order valence-electron chi connectivity index (χ2n) is 8.43. The molecular formula is C30H23ClN2O3. The molecule has 0 amide bonds. The van der Waals surface area contributed by atoms with E-state index in [0.717, 1.165) is 44.9 Å². The summed E-state index contributed by atoms with van der Waals surface area (Å²) in [6.07, 6.45) is 0. The minimum Gasteiger partial charge on any atom is -0.482 e. The molecule has 0 aliphatic carbocycles. The van der Waals surface area contributed by atoms with Crippen molar-refractivity contribution in [3.05, 3.63) is 114 Å². The van der Waals surface area contributed by atoms with Gasteiger partial charge in [-0.1, -0.05) is 71.8 Å². The van der Waals surface area contributed by atoms with E-state index >= 15 is 0 Å². The van der Waals surface area contributed by atoms with Crippen LogP contribution in [0.1, 0.15) is 5.56 Å². The lowest BCUT2D eigenvalue weighted by molar-refractivity contribution is -0.139. The Morgan fingerprint density at radius 2 is 1.58 bits per heavy atom. The fourth-order valence-corrected chi connectivity index (χ4v) is 4.28. The lowest BCUT2D eigenvalue weighted by Gasteiger charge is -2.10. The van der Waals surface area contributed by atoms with Crippen LogP contribution in [0.2, 0.25) is 5.02 Å². The minimum absolute atomic E-state index is 0.392. The first-order valence-corrected chi connectivity index (χ1v) is 11.8. The SMILES string of the molecule is Cc1cccc(-c2cc(-c3ccccc3-c3cccc(OCC(=O)O)c3)nn2-c2ccc(Cl)cc2)c1. The van der Waals surface area contributed by atoms with Crippen molar-refractivity contribution in [1.29, 1.82) is 0 Å². The van der Waals surface area contributed by atoms with Crippen molar-refractivity contribution in [2.75, 3.05) is 6.61 Å². The average molecular weight is 495 g/mol. The van der Waals surface area contributed by atoms with E-state index < -0.39 is 12.6 Å². The summed E-state index contributed by atoms with van der Waals surface area (Å²) < 4.78 is 7.34. The predicted molar refractivity (Wildman–Crippen MR) is 143 cm³/mol. The summed E-state index contributed by atoms with van der Waals surface area (Å²) in [5.74, 6) is -0.519. The maximum Gasteiger partial charge on any atom is 0.341 e. The largest absolute Gasteiger partial charge is 0.482 e. The summed E-state index contributed by atoms with van der Waals surface area (Å²) in [5, 5.41) is 14.6. The molecule has 0 unspecified atom stereocenters. The van der Waals surface area contributed by atoms with Crippen LogP contribution in [0.5, 0.6) is 5.75 Å². The fourth-order valence-electron chi connectivity index (χ4n) is 4.16. The molecule has 0 spiro atoms. The topological polar surface area (TPSA) is 64.3 Å². The molecule has 1 N–H and O–H groups in total. The van der Waals surface area contributed by atoms with E-state index in [1.807, 2.05) is 77.5 Å². The molecule has 1 aromatic heterocycles. The number of ether oxygens (including phenoxy) is 1. The highest BCUT2D eigenvalue weighted by Crippen LogP contribution is 2.36. The number of benzene rings is 4. The van der Waals surface area contributed by atoms with Crippen LogP contribution >= 0.6 is 11.6 Å². The minimum atomic E-state index is -1.02. The Bertz CT molecular complexity index is 1540. The molecule has 0 saturated heterocycles. The third-order valence-electron chi connectivity index (χ3n) is 5.80. The van der Waals surface area contributed by atoms with Gasteiger partial charge in [0.1, 0.15) is 5.75 Å². The molecule has 0 bridgehead atoms.